The van der Waals surface area contributed by atoms with E-state index < -0.39 is 18.6 Å². The fourth-order valence-corrected chi connectivity index (χ4v) is 2.03. The van der Waals surface area contributed by atoms with E-state index in [4.69, 9.17) is 14.6 Å². The molecule has 1 aromatic carbocycles. The topological polar surface area (TPSA) is 97.3 Å². The summed E-state index contributed by atoms with van der Waals surface area (Å²) in [6.07, 6.45) is -0.219. The Morgan fingerprint density at radius 1 is 1.38 bits per heavy atom. The predicted molar refractivity (Wildman–Crippen MR) is 76.3 cm³/mol. The summed E-state index contributed by atoms with van der Waals surface area (Å²) in [7, 11) is 1.44. The number of nitrogens with zero attached hydrogens (tertiary/aromatic N) is 1. The van der Waals surface area contributed by atoms with Gasteiger partial charge >= 0.3 is 18.6 Å². The molecule has 0 unspecified atom stereocenters. The lowest BCUT2D eigenvalue weighted by Crippen LogP contribution is -2.37. The Kier molecular flexibility index (Phi) is 5.61. The number of hydrogen-bond acceptors (Lipinski definition) is 5. The molecule has 0 radical (unpaired) electrons. The Balaban J connectivity index is 2.06. The molecule has 0 aliphatic carbocycles. The van der Waals surface area contributed by atoms with E-state index >= 15 is 0 Å². The summed E-state index contributed by atoms with van der Waals surface area (Å²) >= 11 is 0. The SMILES string of the molecule is CN(Cc1cc2c(cc1OC(F)F)OCO2)C(=O)NCCC(=O)O. The molecular formula is C14H16F2N2O6. The number of fused-ring (bicyclic) bond motifs is 1. The van der Waals surface area contributed by atoms with Crippen LogP contribution in [0.3, 0.4) is 0 Å². The van der Waals surface area contributed by atoms with Gasteiger partial charge in [0.05, 0.1) is 13.0 Å². The van der Waals surface area contributed by atoms with Crippen molar-refractivity contribution < 1.29 is 37.7 Å². The van der Waals surface area contributed by atoms with E-state index in [0.29, 0.717) is 11.3 Å². The third-order valence-electron chi connectivity index (χ3n) is 3.14. The van der Waals surface area contributed by atoms with E-state index in [1.54, 1.807) is 0 Å². The van der Waals surface area contributed by atoms with E-state index in [-0.39, 0.29) is 37.8 Å². The highest BCUT2D eigenvalue weighted by Crippen LogP contribution is 2.39. The van der Waals surface area contributed by atoms with Gasteiger partial charge in [0.15, 0.2) is 11.5 Å². The van der Waals surface area contributed by atoms with Crippen LogP contribution in [0, 0.1) is 0 Å². The van der Waals surface area contributed by atoms with Gasteiger partial charge in [-0.15, -0.1) is 0 Å². The van der Waals surface area contributed by atoms with Gasteiger partial charge in [-0.1, -0.05) is 0 Å². The third-order valence-corrected chi connectivity index (χ3v) is 3.14. The summed E-state index contributed by atoms with van der Waals surface area (Å²) in [4.78, 5) is 23.5. The van der Waals surface area contributed by atoms with Crippen LogP contribution in [0.15, 0.2) is 12.1 Å². The van der Waals surface area contributed by atoms with Crippen LogP contribution >= 0.6 is 0 Å². The van der Waals surface area contributed by atoms with Crippen molar-refractivity contribution in [2.75, 3.05) is 20.4 Å². The smallest absolute Gasteiger partial charge is 0.387 e. The van der Waals surface area contributed by atoms with Crippen LogP contribution in [0.5, 0.6) is 17.2 Å². The second-order valence-electron chi connectivity index (χ2n) is 4.92. The number of alkyl halides is 2. The minimum atomic E-state index is -3.03. The quantitative estimate of drug-likeness (QED) is 0.779. The van der Waals surface area contributed by atoms with Crippen LogP contribution in [0.2, 0.25) is 0 Å². The molecule has 1 aromatic rings. The molecule has 2 N–H and O–H groups in total. The van der Waals surface area contributed by atoms with E-state index in [0.717, 1.165) is 0 Å². The van der Waals surface area contributed by atoms with Crippen LogP contribution in [0.25, 0.3) is 0 Å². The van der Waals surface area contributed by atoms with Gasteiger partial charge in [0.25, 0.3) is 0 Å². The number of carbonyl (C=O) groups excluding carboxylic acids is 1. The summed E-state index contributed by atoms with van der Waals surface area (Å²) in [5.41, 5.74) is 0.301. The number of ether oxygens (including phenoxy) is 3. The van der Waals surface area contributed by atoms with E-state index in [9.17, 15) is 18.4 Å². The number of urea groups is 1. The number of hydrogen-bond donors (Lipinski definition) is 2. The normalized spacial score (nSPS) is 12.2. The monoisotopic (exact) mass is 346 g/mol. The largest absolute Gasteiger partial charge is 0.481 e. The van der Waals surface area contributed by atoms with Gasteiger partial charge in [-0.25, -0.2) is 4.79 Å². The molecule has 1 heterocycles. The molecule has 0 fully saturated rings. The number of nitrogens with one attached hydrogen (secondary N) is 1. The maximum Gasteiger partial charge on any atom is 0.387 e. The predicted octanol–water partition coefficient (Wildman–Crippen LogP) is 1.63. The number of carbonyl (C=O) groups is 2. The lowest BCUT2D eigenvalue weighted by atomic mass is 10.1. The lowest BCUT2D eigenvalue weighted by molar-refractivity contribution is -0.136. The number of carboxylic acids is 1. The van der Waals surface area contributed by atoms with Crippen molar-refractivity contribution >= 4 is 12.0 Å². The minimum absolute atomic E-state index is 0.0293. The van der Waals surface area contributed by atoms with Crippen molar-refractivity contribution in [1.82, 2.24) is 10.2 Å². The average Bonchev–Trinajstić information content (AvgIpc) is 2.93. The van der Waals surface area contributed by atoms with Gasteiger partial charge in [-0.3, -0.25) is 4.79 Å². The van der Waals surface area contributed by atoms with Crippen molar-refractivity contribution in [2.45, 2.75) is 19.6 Å². The van der Waals surface area contributed by atoms with E-state index in [1.807, 2.05) is 0 Å². The van der Waals surface area contributed by atoms with Crippen LogP contribution in [-0.4, -0.2) is 49.0 Å². The fraction of sp³-hybridized carbons (Fsp3) is 0.429. The fourth-order valence-electron chi connectivity index (χ4n) is 2.03. The molecule has 2 amide bonds. The zero-order chi connectivity index (χ0) is 17.7. The highest BCUT2D eigenvalue weighted by Gasteiger charge is 2.21. The Morgan fingerprint density at radius 3 is 2.67 bits per heavy atom. The molecule has 0 bridgehead atoms. The first-order chi connectivity index (χ1) is 11.4. The number of amides is 2. The van der Waals surface area contributed by atoms with E-state index in [1.165, 1.54) is 24.1 Å². The summed E-state index contributed by atoms with van der Waals surface area (Å²) in [5.74, 6) is -0.518. The first-order valence-electron chi connectivity index (χ1n) is 6.95. The van der Waals surface area contributed by atoms with Gasteiger partial charge in [0, 0.05) is 25.2 Å². The molecule has 0 aromatic heterocycles. The number of rotatable bonds is 7. The molecule has 1 aliphatic heterocycles. The van der Waals surface area contributed by atoms with E-state index in [2.05, 4.69) is 10.1 Å². The zero-order valence-electron chi connectivity index (χ0n) is 12.8. The summed E-state index contributed by atoms with van der Waals surface area (Å²) in [6, 6.07) is 2.19. The van der Waals surface area contributed by atoms with Gasteiger partial charge in [0.2, 0.25) is 6.79 Å². The number of aliphatic carboxylic acids is 1. The molecule has 2 rings (SSSR count). The number of carboxylic acid groups (broad SMARTS) is 1. The molecular weight excluding hydrogens is 330 g/mol. The molecule has 0 saturated heterocycles. The van der Waals surface area contributed by atoms with Crippen molar-refractivity contribution in [3.8, 4) is 17.2 Å². The van der Waals surface area contributed by atoms with Gasteiger partial charge < -0.3 is 29.5 Å². The highest BCUT2D eigenvalue weighted by molar-refractivity contribution is 5.75. The molecule has 24 heavy (non-hydrogen) atoms. The molecule has 0 atom stereocenters. The van der Waals surface area contributed by atoms with Crippen LogP contribution in [-0.2, 0) is 11.3 Å². The van der Waals surface area contributed by atoms with Crippen LogP contribution < -0.4 is 19.5 Å². The van der Waals surface area contributed by atoms with Crippen molar-refractivity contribution in [1.29, 1.82) is 0 Å². The molecule has 10 heteroatoms. The first kappa shape index (κ1) is 17.6. The number of benzene rings is 1. The van der Waals surface area contributed by atoms with Gasteiger partial charge in [0.1, 0.15) is 5.75 Å². The van der Waals surface area contributed by atoms with Crippen molar-refractivity contribution in [3.63, 3.8) is 0 Å². The van der Waals surface area contributed by atoms with Gasteiger partial charge in [-0.05, 0) is 6.07 Å². The lowest BCUT2D eigenvalue weighted by Gasteiger charge is -2.20. The standard InChI is InChI=1S/C14H16F2N2O6/c1-18(14(21)17-3-2-12(19)20)6-8-4-10-11(23-7-22-10)5-9(8)24-13(15)16/h4-5,13H,2-3,6-7H2,1H3,(H,17,21)(H,19,20). The second kappa shape index (κ2) is 7.66. The minimum Gasteiger partial charge on any atom is -0.481 e. The Labute approximate surface area is 135 Å². The Morgan fingerprint density at radius 2 is 2.04 bits per heavy atom. The number of halogens is 2. The second-order valence-corrected chi connectivity index (χ2v) is 4.92. The maximum atomic E-state index is 12.5. The zero-order valence-corrected chi connectivity index (χ0v) is 12.8. The van der Waals surface area contributed by atoms with Gasteiger partial charge in [-0.2, -0.15) is 8.78 Å². The van der Waals surface area contributed by atoms with Crippen molar-refractivity contribution in [3.05, 3.63) is 17.7 Å². The van der Waals surface area contributed by atoms with Crippen LogP contribution in [0.1, 0.15) is 12.0 Å². The van der Waals surface area contributed by atoms with Crippen molar-refractivity contribution in [2.24, 2.45) is 0 Å². The molecule has 1 aliphatic rings. The maximum absolute atomic E-state index is 12.5. The Bertz CT molecular complexity index is 626. The molecule has 0 saturated carbocycles. The molecule has 8 nitrogen and oxygen atoms in total. The first-order valence-corrected chi connectivity index (χ1v) is 6.95. The average molecular weight is 346 g/mol. The summed E-state index contributed by atoms with van der Waals surface area (Å²) in [5, 5.41) is 10.9. The summed E-state index contributed by atoms with van der Waals surface area (Å²) < 4.78 is 39.8. The summed E-state index contributed by atoms with van der Waals surface area (Å²) in [6.45, 7) is -3.14. The molecule has 0 spiro atoms. The Hall–Kier alpha value is -2.78. The molecule has 132 valence electrons. The van der Waals surface area contributed by atoms with Crippen LogP contribution in [0.4, 0.5) is 13.6 Å². The highest BCUT2D eigenvalue weighted by atomic mass is 19.3. The third kappa shape index (κ3) is 4.61.